The van der Waals surface area contributed by atoms with Gasteiger partial charge in [0.1, 0.15) is 5.82 Å². The van der Waals surface area contributed by atoms with E-state index in [1.54, 1.807) is 6.20 Å². The number of aliphatic hydroxyl groups is 1. The van der Waals surface area contributed by atoms with E-state index in [0.717, 1.165) is 11.5 Å². The zero-order valence-electron chi connectivity index (χ0n) is 12.1. The van der Waals surface area contributed by atoms with E-state index in [9.17, 15) is 13.5 Å². The molecule has 0 radical (unpaired) electrons. The minimum Gasteiger partial charge on any atom is -0.391 e. The summed E-state index contributed by atoms with van der Waals surface area (Å²) in [5, 5.41) is 10.0. The summed E-state index contributed by atoms with van der Waals surface area (Å²) in [6.45, 7) is 3.58. The molecule has 1 saturated heterocycles. The smallest absolute Gasteiger partial charge is 0.214 e. The van der Waals surface area contributed by atoms with Crippen molar-refractivity contribution in [2.75, 3.05) is 32.9 Å². The molecule has 0 bridgehead atoms. The van der Waals surface area contributed by atoms with Gasteiger partial charge in [0, 0.05) is 45.0 Å². The van der Waals surface area contributed by atoms with Crippen LogP contribution in [0.15, 0.2) is 6.20 Å². The number of likely N-dealkylation sites (tertiary alicyclic amines) is 1. The van der Waals surface area contributed by atoms with E-state index < -0.39 is 16.1 Å². The van der Waals surface area contributed by atoms with Crippen molar-refractivity contribution in [3.8, 4) is 0 Å². The molecule has 0 aromatic carbocycles. The molecule has 2 heterocycles. The topological polar surface area (TPSA) is 89.5 Å². The van der Waals surface area contributed by atoms with Crippen LogP contribution in [0.2, 0.25) is 0 Å². The summed E-state index contributed by atoms with van der Waals surface area (Å²) in [7, 11) is -0.256. The minimum atomic E-state index is -3.28. The lowest BCUT2D eigenvalue weighted by molar-refractivity contribution is 0.148. The van der Waals surface area contributed by atoms with Crippen molar-refractivity contribution in [2.24, 2.45) is 5.92 Å². The molecule has 1 aromatic heterocycles. The second kappa shape index (κ2) is 5.80. The van der Waals surface area contributed by atoms with Crippen LogP contribution >= 0.6 is 0 Å². The van der Waals surface area contributed by atoms with E-state index in [2.05, 4.69) is 9.97 Å². The molecule has 0 aliphatic carbocycles. The van der Waals surface area contributed by atoms with Gasteiger partial charge in [-0.15, -0.1) is 0 Å². The van der Waals surface area contributed by atoms with Crippen LogP contribution in [0.5, 0.6) is 0 Å². The maximum Gasteiger partial charge on any atom is 0.214 e. The average molecular weight is 302 g/mol. The van der Waals surface area contributed by atoms with Crippen molar-refractivity contribution in [1.29, 1.82) is 0 Å². The number of imidazole rings is 1. The Labute approximate surface area is 119 Å². The molecule has 8 heteroatoms. The van der Waals surface area contributed by atoms with Gasteiger partial charge in [-0.05, 0) is 6.92 Å². The fourth-order valence-corrected chi connectivity index (χ4v) is 3.58. The van der Waals surface area contributed by atoms with Gasteiger partial charge in [0.05, 0.1) is 18.4 Å². The molecule has 1 fully saturated rings. The average Bonchev–Trinajstić information content (AvgIpc) is 2.86. The SMILES string of the molecule is Cc1cnc(CN2C[C@@H](CS(=O)(=O)N(C)C)[C@H](O)C2)[nH]1. The van der Waals surface area contributed by atoms with Crippen LogP contribution in [0.3, 0.4) is 0 Å². The van der Waals surface area contributed by atoms with E-state index in [4.69, 9.17) is 0 Å². The minimum absolute atomic E-state index is 0.0190. The van der Waals surface area contributed by atoms with E-state index in [1.807, 2.05) is 11.8 Å². The first-order chi connectivity index (χ1) is 9.28. The molecular formula is C12H22N4O3S. The molecule has 2 N–H and O–H groups in total. The summed E-state index contributed by atoms with van der Waals surface area (Å²) in [6.07, 6.45) is 1.15. The first-order valence-corrected chi connectivity index (χ1v) is 8.20. The van der Waals surface area contributed by atoms with Gasteiger partial charge < -0.3 is 10.1 Å². The van der Waals surface area contributed by atoms with Gasteiger partial charge in [-0.2, -0.15) is 0 Å². The van der Waals surface area contributed by atoms with Crippen molar-refractivity contribution in [1.82, 2.24) is 19.2 Å². The van der Waals surface area contributed by atoms with Crippen molar-refractivity contribution in [2.45, 2.75) is 19.6 Å². The summed E-state index contributed by atoms with van der Waals surface area (Å²) in [6, 6.07) is 0. The standard InChI is InChI=1S/C12H22N4O3S/c1-9-4-13-12(14-9)7-16-5-10(11(17)6-16)8-20(18,19)15(2)3/h4,10-11,17H,5-8H2,1-3H3,(H,13,14)/t10-,11+/m0/s1. The molecule has 20 heavy (non-hydrogen) atoms. The normalized spacial score (nSPS) is 24.6. The zero-order chi connectivity index (χ0) is 14.9. The van der Waals surface area contributed by atoms with Crippen LogP contribution < -0.4 is 0 Å². The first-order valence-electron chi connectivity index (χ1n) is 6.59. The maximum atomic E-state index is 11.9. The number of aryl methyl sites for hydroxylation is 1. The third-order valence-corrected chi connectivity index (χ3v) is 5.55. The molecule has 0 saturated carbocycles. The Morgan fingerprint density at radius 2 is 2.20 bits per heavy atom. The van der Waals surface area contributed by atoms with Crippen LogP contribution in [0.25, 0.3) is 0 Å². The van der Waals surface area contributed by atoms with Gasteiger partial charge in [0.15, 0.2) is 0 Å². The summed E-state index contributed by atoms with van der Waals surface area (Å²) >= 11 is 0. The molecule has 0 unspecified atom stereocenters. The van der Waals surface area contributed by atoms with Crippen LogP contribution in [-0.2, 0) is 16.6 Å². The van der Waals surface area contributed by atoms with Gasteiger partial charge >= 0.3 is 0 Å². The summed E-state index contributed by atoms with van der Waals surface area (Å²) < 4.78 is 25.0. The molecule has 2 atom stereocenters. The quantitative estimate of drug-likeness (QED) is 0.758. The second-order valence-corrected chi connectivity index (χ2v) is 7.82. The Hall–Kier alpha value is -0.960. The van der Waals surface area contributed by atoms with Crippen molar-refractivity contribution >= 4 is 10.0 Å². The largest absolute Gasteiger partial charge is 0.391 e. The van der Waals surface area contributed by atoms with Crippen LogP contribution in [0.1, 0.15) is 11.5 Å². The van der Waals surface area contributed by atoms with Gasteiger partial charge in [-0.1, -0.05) is 0 Å². The van der Waals surface area contributed by atoms with Gasteiger partial charge in [-0.3, -0.25) is 4.90 Å². The highest BCUT2D eigenvalue weighted by Gasteiger charge is 2.35. The Morgan fingerprint density at radius 3 is 2.75 bits per heavy atom. The number of sulfonamides is 1. The lowest BCUT2D eigenvalue weighted by Gasteiger charge is -2.17. The first kappa shape index (κ1) is 15.4. The van der Waals surface area contributed by atoms with Gasteiger partial charge in [0.2, 0.25) is 10.0 Å². The third kappa shape index (κ3) is 3.57. The van der Waals surface area contributed by atoms with Crippen molar-refractivity contribution in [3.05, 3.63) is 17.7 Å². The van der Waals surface area contributed by atoms with E-state index in [1.165, 1.54) is 18.4 Å². The Balaban J connectivity index is 1.95. The molecule has 114 valence electrons. The molecule has 0 amide bonds. The monoisotopic (exact) mass is 302 g/mol. The fraction of sp³-hybridized carbons (Fsp3) is 0.750. The molecule has 0 spiro atoms. The predicted octanol–water partition coefficient (Wildman–Crippen LogP) is -0.598. The molecule has 1 aliphatic heterocycles. The van der Waals surface area contributed by atoms with Gasteiger partial charge in [-0.25, -0.2) is 17.7 Å². The number of H-pyrrole nitrogens is 1. The van der Waals surface area contributed by atoms with Crippen molar-refractivity contribution in [3.63, 3.8) is 0 Å². The summed E-state index contributed by atoms with van der Waals surface area (Å²) in [5.41, 5.74) is 0.992. The molecular weight excluding hydrogens is 280 g/mol. The Bertz CT molecular complexity index is 555. The number of aromatic nitrogens is 2. The summed E-state index contributed by atoms with van der Waals surface area (Å²) in [4.78, 5) is 9.39. The number of hydrogen-bond donors (Lipinski definition) is 2. The highest BCUT2D eigenvalue weighted by molar-refractivity contribution is 7.89. The van der Waals surface area contributed by atoms with Gasteiger partial charge in [0.25, 0.3) is 0 Å². The van der Waals surface area contributed by atoms with E-state index >= 15 is 0 Å². The number of aliphatic hydroxyl groups excluding tert-OH is 1. The third-order valence-electron chi connectivity index (χ3n) is 3.59. The summed E-state index contributed by atoms with van der Waals surface area (Å²) in [5.74, 6) is 0.568. The number of nitrogens with zero attached hydrogens (tertiary/aromatic N) is 3. The highest BCUT2D eigenvalue weighted by atomic mass is 32.2. The van der Waals surface area contributed by atoms with E-state index in [0.29, 0.717) is 19.6 Å². The molecule has 2 rings (SSSR count). The second-order valence-electron chi connectivity index (χ2n) is 5.60. The highest BCUT2D eigenvalue weighted by Crippen LogP contribution is 2.21. The zero-order valence-corrected chi connectivity index (χ0v) is 12.9. The number of rotatable bonds is 5. The van der Waals surface area contributed by atoms with Crippen LogP contribution in [0, 0.1) is 12.8 Å². The molecule has 7 nitrogen and oxygen atoms in total. The van der Waals surface area contributed by atoms with Crippen molar-refractivity contribution < 1.29 is 13.5 Å². The molecule has 1 aliphatic rings. The maximum absolute atomic E-state index is 11.9. The predicted molar refractivity (Wildman–Crippen MR) is 75.6 cm³/mol. The Morgan fingerprint density at radius 1 is 1.50 bits per heavy atom. The fourth-order valence-electron chi connectivity index (χ4n) is 2.41. The Kier molecular flexibility index (Phi) is 4.48. The lowest BCUT2D eigenvalue weighted by Crippen LogP contribution is -2.33. The molecule has 1 aromatic rings. The number of β-amino-alcohol motifs (C(OH)–C–C–N with tert-alkyl or cyclic N) is 1. The number of nitrogens with one attached hydrogen (secondary N) is 1. The van der Waals surface area contributed by atoms with E-state index in [-0.39, 0.29) is 11.7 Å². The van der Waals surface area contributed by atoms with Crippen LogP contribution in [-0.4, -0.2) is 71.7 Å². The van der Waals surface area contributed by atoms with Crippen LogP contribution in [0.4, 0.5) is 0 Å². The number of aromatic amines is 1. The lowest BCUT2D eigenvalue weighted by atomic mass is 10.1. The number of hydrogen-bond acceptors (Lipinski definition) is 5.